The van der Waals surface area contributed by atoms with Crippen LogP contribution in [0.15, 0.2) is 82.6 Å². The van der Waals surface area contributed by atoms with Crippen LogP contribution >= 0.6 is 23.1 Å². The maximum Gasteiger partial charge on any atom is 0.260 e. The molecule has 0 N–H and O–H groups in total. The van der Waals surface area contributed by atoms with E-state index in [0.717, 1.165) is 33.5 Å². The highest BCUT2D eigenvalue weighted by molar-refractivity contribution is 7.98. The Morgan fingerprint density at radius 3 is 2.57 bits per heavy atom. The topological polar surface area (TPSA) is 70.6 Å². The molecule has 1 aliphatic heterocycles. The molecule has 1 amide bonds. The van der Waals surface area contributed by atoms with E-state index in [4.69, 9.17) is 4.98 Å². The van der Waals surface area contributed by atoms with Crippen LogP contribution in [0.3, 0.4) is 0 Å². The Bertz CT molecular complexity index is 1500. The van der Waals surface area contributed by atoms with Crippen molar-refractivity contribution in [2.45, 2.75) is 36.1 Å². The van der Waals surface area contributed by atoms with E-state index in [2.05, 4.69) is 13.0 Å². The van der Waals surface area contributed by atoms with Crippen LogP contribution in [-0.4, -0.2) is 43.0 Å². The van der Waals surface area contributed by atoms with Gasteiger partial charge in [0.15, 0.2) is 5.13 Å². The molecule has 1 atom stereocenters. The van der Waals surface area contributed by atoms with Crippen LogP contribution < -0.4 is 4.90 Å². The minimum absolute atomic E-state index is 0.219. The zero-order chi connectivity index (χ0) is 26.0. The molecule has 0 radical (unpaired) electrons. The van der Waals surface area contributed by atoms with Gasteiger partial charge in [-0.1, -0.05) is 48.6 Å². The lowest BCUT2D eigenvalue weighted by Crippen LogP contribution is -2.39. The molecule has 4 aromatic rings. The van der Waals surface area contributed by atoms with Crippen LogP contribution in [0.1, 0.15) is 35.7 Å². The normalized spacial score (nSPS) is 16.6. The molecule has 6 nitrogen and oxygen atoms in total. The Kier molecular flexibility index (Phi) is 7.67. The molecular formula is C28H29N3O3S3. The summed E-state index contributed by atoms with van der Waals surface area (Å²) in [4.78, 5) is 21.6. The van der Waals surface area contributed by atoms with Crippen molar-refractivity contribution in [2.75, 3.05) is 24.2 Å². The average Bonchev–Trinajstić information content (AvgIpc) is 3.35. The summed E-state index contributed by atoms with van der Waals surface area (Å²) in [6, 6.07) is 22.2. The lowest BCUT2D eigenvalue weighted by atomic mass is 10.0. The number of nitrogens with zero attached hydrogens (tertiary/aromatic N) is 3. The summed E-state index contributed by atoms with van der Waals surface area (Å²) in [6.07, 6.45) is 3.94. The van der Waals surface area contributed by atoms with Crippen LogP contribution in [0, 0.1) is 5.92 Å². The molecule has 0 bridgehead atoms. The predicted octanol–water partition coefficient (Wildman–Crippen LogP) is 6.29. The summed E-state index contributed by atoms with van der Waals surface area (Å²) in [6.45, 7) is 3.51. The number of hydrogen-bond donors (Lipinski definition) is 0. The standard InChI is InChI=1S/C28H29N3O3S3/c1-20-7-6-16-30(18-20)37(33,34)24-13-10-22(11-14-24)27(32)31(19-21-8-4-3-5-9-21)28-29-25-15-12-23(35-2)17-26(25)36-28/h3-5,8-15,17,20H,6-7,16,18-19H2,1-2H3. The van der Waals surface area contributed by atoms with Gasteiger partial charge in [-0.3, -0.25) is 9.69 Å². The molecule has 0 aliphatic carbocycles. The molecule has 3 aromatic carbocycles. The summed E-state index contributed by atoms with van der Waals surface area (Å²) in [5.41, 5.74) is 2.25. The van der Waals surface area contributed by atoms with Gasteiger partial charge in [0, 0.05) is 23.5 Å². The minimum Gasteiger partial charge on any atom is -0.279 e. The Morgan fingerprint density at radius 1 is 1.11 bits per heavy atom. The molecular weight excluding hydrogens is 523 g/mol. The number of rotatable bonds is 7. The molecule has 5 rings (SSSR count). The number of thioether (sulfide) groups is 1. The average molecular weight is 552 g/mol. The fraction of sp³-hybridized carbons (Fsp3) is 0.286. The summed E-state index contributed by atoms with van der Waals surface area (Å²) >= 11 is 3.15. The van der Waals surface area contributed by atoms with E-state index in [1.807, 2.05) is 48.7 Å². The molecule has 0 saturated carbocycles. The van der Waals surface area contributed by atoms with Gasteiger partial charge in [-0.15, -0.1) is 11.8 Å². The van der Waals surface area contributed by atoms with Crippen LogP contribution in [0.4, 0.5) is 5.13 Å². The lowest BCUT2D eigenvalue weighted by molar-refractivity contribution is 0.0985. The first kappa shape index (κ1) is 25.9. The summed E-state index contributed by atoms with van der Waals surface area (Å²) in [5.74, 6) is 0.125. The van der Waals surface area contributed by atoms with Crippen molar-refractivity contribution in [1.29, 1.82) is 0 Å². The SMILES string of the molecule is CSc1ccc2nc(N(Cc3ccccc3)C(=O)c3ccc(S(=O)(=O)N4CCCC(C)C4)cc3)sc2c1. The van der Waals surface area contributed by atoms with E-state index in [1.165, 1.54) is 11.3 Å². The maximum atomic E-state index is 13.8. The third-order valence-corrected chi connectivity index (χ3v) is 10.2. The number of carbonyl (C=O) groups is 1. The monoisotopic (exact) mass is 551 g/mol. The third kappa shape index (κ3) is 5.60. The van der Waals surface area contributed by atoms with Crippen LogP contribution in [0.25, 0.3) is 10.2 Å². The lowest BCUT2D eigenvalue weighted by Gasteiger charge is -2.30. The highest BCUT2D eigenvalue weighted by atomic mass is 32.2. The molecule has 1 aromatic heterocycles. The second-order valence-corrected chi connectivity index (χ2v) is 13.2. The number of benzene rings is 3. The fourth-order valence-corrected chi connectivity index (χ4v) is 7.68. The van der Waals surface area contributed by atoms with Crippen molar-refractivity contribution in [2.24, 2.45) is 5.92 Å². The first-order valence-electron chi connectivity index (χ1n) is 12.3. The quantitative estimate of drug-likeness (QED) is 0.253. The van der Waals surface area contributed by atoms with Gasteiger partial charge in [0.25, 0.3) is 5.91 Å². The van der Waals surface area contributed by atoms with Gasteiger partial charge in [-0.05, 0) is 73.0 Å². The highest BCUT2D eigenvalue weighted by Crippen LogP contribution is 2.33. The number of amides is 1. The molecule has 37 heavy (non-hydrogen) atoms. The number of piperidine rings is 1. The van der Waals surface area contributed by atoms with Crippen molar-refractivity contribution in [3.63, 3.8) is 0 Å². The Balaban J connectivity index is 1.46. The number of fused-ring (bicyclic) bond motifs is 1. The number of carbonyl (C=O) groups excluding carboxylic acids is 1. The van der Waals surface area contributed by atoms with Gasteiger partial charge >= 0.3 is 0 Å². The van der Waals surface area contributed by atoms with E-state index in [9.17, 15) is 13.2 Å². The van der Waals surface area contributed by atoms with Gasteiger partial charge < -0.3 is 0 Å². The number of thiazole rings is 1. The molecule has 1 unspecified atom stereocenters. The molecule has 0 spiro atoms. The van der Waals surface area contributed by atoms with Crippen molar-refractivity contribution in [1.82, 2.24) is 9.29 Å². The van der Waals surface area contributed by atoms with E-state index in [1.54, 1.807) is 45.2 Å². The van der Waals surface area contributed by atoms with Crippen LogP contribution in [0.5, 0.6) is 0 Å². The largest absolute Gasteiger partial charge is 0.279 e. The summed E-state index contributed by atoms with van der Waals surface area (Å²) in [5, 5.41) is 0.612. The molecule has 192 valence electrons. The van der Waals surface area contributed by atoms with Crippen LogP contribution in [0.2, 0.25) is 0 Å². The molecule has 2 heterocycles. The zero-order valence-corrected chi connectivity index (χ0v) is 23.3. The first-order chi connectivity index (χ1) is 17.8. The van der Waals surface area contributed by atoms with E-state index in [0.29, 0.717) is 36.2 Å². The fourth-order valence-electron chi connectivity index (χ4n) is 4.57. The zero-order valence-electron chi connectivity index (χ0n) is 20.8. The van der Waals surface area contributed by atoms with E-state index < -0.39 is 10.0 Å². The molecule has 1 aliphatic rings. The smallest absolute Gasteiger partial charge is 0.260 e. The highest BCUT2D eigenvalue weighted by Gasteiger charge is 2.29. The second kappa shape index (κ2) is 10.9. The second-order valence-electron chi connectivity index (χ2n) is 9.34. The molecule has 9 heteroatoms. The minimum atomic E-state index is -3.59. The predicted molar refractivity (Wildman–Crippen MR) is 152 cm³/mol. The van der Waals surface area contributed by atoms with Crippen LogP contribution in [-0.2, 0) is 16.6 Å². The van der Waals surface area contributed by atoms with Crippen molar-refractivity contribution in [3.8, 4) is 0 Å². The first-order valence-corrected chi connectivity index (χ1v) is 15.7. The Hall–Kier alpha value is -2.72. The molecule has 1 saturated heterocycles. The summed E-state index contributed by atoms with van der Waals surface area (Å²) in [7, 11) is -3.59. The number of sulfonamides is 1. The van der Waals surface area contributed by atoms with Crippen molar-refractivity contribution in [3.05, 3.63) is 83.9 Å². The van der Waals surface area contributed by atoms with E-state index in [-0.39, 0.29) is 10.8 Å². The number of anilines is 1. The van der Waals surface area contributed by atoms with Gasteiger partial charge in [-0.25, -0.2) is 13.4 Å². The third-order valence-electron chi connectivity index (χ3n) is 6.60. The van der Waals surface area contributed by atoms with E-state index >= 15 is 0 Å². The van der Waals surface area contributed by atoms with Crippen molar-refractivity contribution >= 4 is 54.4 Å². The van der Waals surface area contributed by atoms with Gasteiger partial charge in [0.05, 0.1) is 21.7 Å². The Morgan fingerprint density at radius 2 is 1.86 bits per heavy atom. The van der Waals surface area contributed by atoms with Gasteiger partial charge in [0.2, 0.25) is 10.0 Å². The summed E-state index contributed by atoms with van der Waals surface area (Å²) < 4.78 is 28.9. The number of aromatic nitrogens is 1. The molecule has 1 fully saturated rings. The Labute approximate surface area is 226 Å². The van der Waals surface area contributed by atoms with Crippen molar-refractivity contribution < 1.29 is 13.2 Å². The van der Waals surface area contributed by atoms with Gasteiger partial charge in [-0.2, -0.15) is 4.31 Å². The van der Waals surface area contributed by atoms with Gasteiger partial charge in [0.1, 0.15) is 0 Å². The number of hydrogen-bond acceptors (Lipinski definition) is 6. The maximum absolute atomic E-state index is 13.8.